The molecule has 0 saturated carbocycles. The third-order valence-electron chi connectivity index (χ3n) is 3.36. The van der Waals surface area contributed by atoms with Crippen molar-refractivity contribution in [2.24, 2.45) is 0 Å². The number of ether oxygens (including phenoxy) is 1. The van der Waals surface area contributed by atoms with E-state index in [2.05, 4.69) is 12.1 Å². The highest BCUT2D eigenvalue weighted by molar-refractivity contribution is 6.37. The van der Waals surface area contributed by atoms with E-state index in [1.807, 2.05) is 32.0 Å². The summed E-state index contributed by atoms with van der Waals surface area (Å²) < 4.78 is 22.1. The first-order chi connectivity index (χ1) is 9.75. The van der Waals surface area contributed by atoms with Crippen molar-refractivity contribution >= 4 is 7.32 Å². The summed E-state index contributed by atoms with van der Waals surface area (Å²) in [7, 11) is -0.495. The Kier molecular flexibility index (Phi) is 6.53. The van der Waals surface area contributed by atoms with Gasteiger partial charge in [-0.1, -0.05) is 30.3 Å². The molecule has 2 unspecified atom stereocenters. The molecular weight excluding hydrogens is 255 g/mol. The van der Waals surface area contributed by atoms with E-state index in [0.717, 1.165) is 19.4 Å². The Hall–Kier alpha value is -0.875. The third kappa shape index (κ3) is 5.25. The number of hydrogen-bond acceptors (Lipinski definition) is 4. The van der Waals surface area contributed by atoms with Gasteiger partial charge in [0.25, 0.3) is 0 Å². The fourth-order valence-corrected chi connectivity index (χ4v) is 1.93. The van der Waals surface area contributed by atoms with Gasteiger partial charge in [0.2, 0.25) is 0 Å². The van der Waals surface area contributed by atoms with Gasteiger partial charge in [-0.2, -0.15) is 0 Å². The summed E-state index contributed by atoms with van der Waals surface area (Å²) in [4.78, 5) is 0. The number of hydrogen-bond donors (Lipinski definition) is 0. The maximum absolute atomic E-state index is 5.61. The van der Waals surface area contributed by atoms with Crippen LogP contribution in [-0.2, 0) is 25.3 Å². The van der Waals surface area contributed by atoms with Crippen molar-refractivity contribution in [1.29, 1.82) is 0 Å². The predicted molar refractivity (Wildman–Crippen MR) is 78.1 cm³/mol. The molecule has 0 bridgehead atoms. The van der Waals surface area contributed by atoms with Gasteiger partial charge < -0.3 is 18.7 Å². The summed E-state index contributed by atoms with van der Waals surface area (Å²) in [5.74, 6) is 0. The molecule has 0 N–H and O–H groups in total. The molecule has 0 aliphatic carbocycles. The average Bonchev–Trinajstić information content (AvgIpc) is 2.78. The first kappa shape index (κ1) is 15.5. The highest BCUT2D eigenvalue weighted by atomic mass is 16.8. The summed E-state index contributed by atoms with van der Waals surface area (Å²) >= 11 is 0. The van der Waals surface area contributed by atoms with Crippen LogP contribution in [0.1, 0.15) is 32.3 Å². The molecule has 20 heavy (non-hydrogen) atoms. The van der Waals surface area contributed by atoms with Gasteiger partial charge in [-0.25, -0.2) is 0 Å². The van der Waals surface area contributed by atoms with Crippen molar-refractivity contribution < 1.29 is 18.7 Å². The molecule has 0 amide bonds. The predicted octanol–water partition coefficient (Wildman–Crippen LogP) is 2.81. The third-order valence-corrected chi connectivity index (χ3v) is 3.36. The van der Waals surface area contributed by atoms with E-state index in [4.69, 9.17) is 18.7 Å². The minimum Gasteiger partial charge on any atom is -0.386 e. The van der Waals surface area contributed by atoms with Gasteiger partial charge in [0.05, 0.1) is 18.8 Å². The van der Waals surface area contributed by atoms with Crippen LogP contribution in [0.2, 0.25) is 0 Å². The molecule has 0 aromatic heterocycles. The minimum atomic E-state index is -0.495. The van der Waals surface area contributed by atoms with E-state index in [1.165, 1.54) is 5.56 Å². The van der Waals surface area contributed by atoms with Crippen LogP contribution in [0.5, 0.6) is 0 Å². The number of rotatable bonds is 8. The highest BCUT2D eigenvalue weighted by Crippen LogP contribution is 2.16. The Bertz CT molecular complexity index is 363. The normalized spacial score (nSPS) is 22.4. The zero-order chi connectivity index (χ0) is 14.2. The van der Waals surface area contributed by atoms with Crippen molar-refractivity contribution in [3.63, 3.8) is 0 Å². The van der Waals surface area contributed by atoms with Gasteiger partial charge in [0.1, 0.15) is 0 Å². The maximum atomic E-state index is 5.61. The van der Waals surface area contributed by atoms with Crippen molar-refractivity contribution in [3.05, 3.63) is 35.9 Å². The molecule has 2 atom stereocenters. The number of unbranched alkanes of at least 4 members (excludes halogenated alkanes) is 1. The second kappa shape index (κ2) is 8.42. The molecule has 1 fully saturated rings. The fourth-order valence-electron chi connectivity index (χ4n) is 1.93. The van der Waals surface area contributed by atoms with Gasteiger partial charge in [0.15, 0.2) is 0 Å². The van der Waals surface area contributed by atoms with Crippen LogP contribution < -0.4 is 0 Å². The lowest BCUT2D eigenvalue weighted by molar-refractivity contribution is 0.108. The summed E-state index contributed by atoms with van der Waals surface area (Å²) in [6.45, 7) is 6.04. The molecule has 1 aliphatic heterocycles. The molecule has 1 aromatic rings. The molecule has 1 aliphatic rings. The van der Waals surface area contributed by atoms with Crippen molar-refractivity contribution in [1.82, 2.24) is 0 Å². The lowest BCUT2D eigenvalue weighted by atomic mass is 10.2. The first-order valence-corrected chi connectivity index (χ1v) is 7.30. The van der Waals surface area contributed by atoms with Crippen LogP contribution in [0.3, 0.4) is 0 Å². The van der Waals surface area contributed by atoms with Crippen LogP contribution in [0.15, 0.2) is 30.3 Å². The van der Waals surface area contributed by atoms with Gasteiger partial charge >= 0.3 is 7.32 Å². The highest BCUT2D eigenvalue weighted by Gasteiger charge is 2.36. The molecule has 110 valence electrons. The Morgan fingerprint density at radius 2 is 1.65 bits per heavy atom. The lowest BCUT2D eigenvalue weighted by Gasteiger charge is -2.07. The lowest BCUT2D eigenvalue weighted by Crippen LogP contribution is -2.21. The van der Waals surface area contributed by atoms with E-state index in [9.17, 15) is 0 Å². The Morgan fingerprint density at radius 1 is 1.00 bits per heavy atom. The zero-order valence-electron chi connectivity index (χ0n) is 12.3. The molecule has 1 heterocycles. The van der Waals surface area contributed by atoms with E-state index in [1.54, 1.807) is 0 Å². The van der Waals surface area contributed by atoms with Gasteiger partial charge in [0, 0.05) is 13.2 Å². The quantitative estimate of drug-likeness (QED) is 0.541. The molecule has 1 aromatic carbocycles. The van der Waals surface area contributed by atoms with E-state index in [-0.39, 0.29) is 12.2 Å². The van der Waals surface area contributed by atoms with Crippen molar-refractivity contribution in [2.45, 2.75) is 45.5 Å². The van der Waals surface area contributed by atoms with E-state index in [0.29, 0.717) is 13.2 Å². The SMILES string of the molecule is CC1OB(OCCCCOCc2ccccc2)OC1C. The van der Waals surface area contributed by atoms with Gasteiger partial charge in [-0.05, 0) is 32.3 Å². The maximum Gasteiger partial charge on any atom is 0.639 e. The summed E-state index contributed by atoms with van der Waals surface area (Å²) in [6.07, 6.45) is 2.13. The molecule has 2 rings (SSSR count). The van der Waals surface area contributed by atoms with Gasteiger partial charge in [-0.3, -0.25) is 0 Å². The van der Waals surface area contributed by atoms with Gasteiger partial charge in [-0.15, -0.1) is 0 Å². The fraction of sp³-hybridized carbons (Fsp3) is 0.600. The Balaban J connectivity index is 1.44. The van der Waals surface area contributed by atoms with Crippen molar-refractivity contribution in [2.75, 3.05) is 13.2 Å². The molecule has 0 spiro atoms. The van der Waals surface area contributed by atoms with Crippen LogP contribution in [0, 0.1) is 0 Å². The number of benzene rings is 1. The Morgan fingerprint density at radius 3 is 2.35 bits per heavy atom. The zero-order valence-corrected chi connectivity index (χ0v) is 12.3. The van der Waals surface area contributed by atoms with Crippen LogP contribution >= 0.6 is 0 Å². The molecular formula is C15H23BO4. The summed E-state index contributed by atoms with van der Waals surface area (Å²) in [6, 6.07) is 10.2. The van der Waals surface area contributed by atoms with Crippen LogP contribution in [0.4, 0.5) is 0 Å². The average molecular weight is 278 g/mol. The topological polar surface area (TPSA) is 36.9 Å². The molecule has 1 saturated heterocycles. The largest absolute Gasteiger partial charge is 0.639 e. The second-order valence-electron chi connectivity index (χ2n) is 5.09. The second-order valence-corrected chi connectivity index (χ2v) is 5.09. The molecule has 0 radical (unpaired) electrons. The molecule has 5 heteroatoms. The minimum absolute atomic E-state index is 0.106. The van der Waals surface area contributed by atoms with E-state index >= 15 is 0 Å². The summed E-state index contributed by atoms with van der Waals surface area (Å²) in [5.41, 5.74) is 1.21. The summed E-state index contributed by atoms with van der Waals surface area (Å²) in [5, 5.41) is 0. The van der Waals surface area contributed by atoms with E-state index < -0.39 is 7.32 Å². The standard InChI is InChI=1S/C15H23BO4/c1-13-14(2)20-16(19-13)18-11-7-6-10-17-12-15-8-4-3-5-9-15/h3-5,8-9,13-14H,6-7,10-12H2,1-2H3. The van der Waals surface area contributed by atoms with Crippen LogP contribution in [0.25, 0.3) is 0 Å². The monoisotopic (exact) mass is 278 g/mol. The first-order valence-electron chi connectivity index (χ1n) is 7.30. The Labute approximate surface area is 121 Å². The van der Waals surface area contributed by atoms with Crippen molar-refractivity contribution in [3.8, 4) is 0 Å². The molecule has 4 nitrogen and oxygen atoms in total. The smallest absolute Gasteiger partial charge is 0.386 e. The van der Waals surface area contributed by atoms with Crippen LogP contribution in [-0.4, -0.2) is 32.7 Å².